The molecule has 4 rings (SSSR count). The quantitative estimate of drug-likeness (QED) is 0.584. The molecule has 1 aliphatic carbocycles. The fourth-order valence-corrected chi connectivity index (χ4v) is 4.09. The van der Waals surface area contributed by atoms with Gasteiger partial charge in [0.25, 0.3) is 0 Å². The molecule has 0 fully saturated rings. The van der Waals surface area contributed by atoms with Crippen LogP contribution in [0.4, 0.5) is 0 Å². The Labute approximate surface area is 191 Å². The summed E-state index contributed by atoms with van der Waals surface area (Å²) < 4.78 is 7.24. The molecule has 2 N–H and O–H groups in total. The molecular weight excluding hydrogens is 420 g/mol. The summed E-state index contributed by atoms with van der Waals surface area (Å²) in [5.74, 6) is -0.273. The van der Waals surface area contributed by atoms with Gasteiger partial charge in [-0.1, -0.05) is 13.0 Å². The molecule has 1 amide bonds. The number of nitrogens with zero attached hydrogens (tertiary/aromatic N) is 7. The minimum Gasteiger partial charge on any atom is -0.374 e. The summed E-state index contributed by atoms with van der Waals surface area (Å²) in [6.07, 6.45) is 10.4. The van der Waals surface area contributed by atoms with Crippen LogP contribution in [0.5, 0.6) is 0 Å². The SMILES string of the molecule is COC(C)c1nnnn1C1(C(C)c2cnccn2)C=C(c2ccc(C)cn2)C=C(C(N)=O)C1. The predicted octanol–water partition coefficient (Wildman–Crippen LogP) is 2.27. The molecule has 0 saturated carbocycles. The first-order chi connectivity index (χ1) is 15.9. The Morgan fingerprint density at radius 1 is 1.21 bits per heavy atom. The highest BCUT2D eigenvalue weighted by Crippen LogP contribution is 2.45. The number of carbonyl (C=O) groups excluding carboxylic acids is 1. The molecule has 3 aromatic heterocycles. The number of aromatic nitrogens is 7. The predicted molar refractivity (Wildman–Crippen MR) is 121 cm³/mol. The van der Waals surface area contributed by atoms with Crippen LogP contribution >= 0.6 is 0 Å². The number of rotatable bonds is 7. The second kappa shape index (κ2) is 8.99. The summed E-state index contributed by atoms with van der Waals surface area (Å²) in [5.41, 5.74) is 8.54. The molecule has 3 unspecified atom stereocenters. The van der Waals surface area contributed by atoms with E-state index in [-0.39, 0.29) is 18.4 Å². The second-order valence-electron chi connectivity index (χ2n) is 8.20. The van der Waals surface area contributed by atoms with Crippen LogP contribution in [0, 0.1) is 6.92 Å². The van der Waals surface area contributed by atoms with E-state index in [0.717, 1.165) is 16.8 Å². The Morgan fingerprint density at radius 3 is 2.67 bits per heavy atom. The highest BCUT2D eigenvalue weighted by molar-refractivity contribution is 5.96. The molecule has 0 aromatic carbocycles. The van der Waals surface area contributed by atoms with Crippen molar-refractivity contribution in [2.24, 2.45) is 5.73 Å². The number of nitrogens with two attached hydrogens (primary N) is 1. The molecule has 3 atom stereocenters. The smallest absolute Gasteiger partial charge is 0.244 e. The van der Waals surface area contributed by atoms with Crippen LogP contribution in [0.25, 0.3) is 5.57 Å². The van der Waals surface area contributed by atoms with E-state index in [1.165, 1.54) is 0 Å². The summed E-state index contributed by atoms with van der Waals surface area (Å²) in [7, 11) is 1.59. The molecule has 33 heavy (non-hydrogen) atoms. The zero-order valence-electron chi connectivity index (χ0n) is 19.0. The van der Waals surface area contributed by atoms with Crippen molar-refractivity contribution < 1.29 is 9.53 Å². The summed E-state index contributed by atoms with van der Waals surface area (Å²) in [5, 5.41) is 12.5. The molecule has 10 heteroatoms. The summed E-state index contributed by atoms with van der Waals surface area (Å²) >= 11 is 0. The fourth-order valence-electron chi connectivity index (χ4n) is 4.09. The van der Waals surface area contributed by atoms with Gasteiger partial charge in [0.1, 0.15) is 6.10 Å². The highest BCUT2D eigenvalue weighted by Gasteiger charge is 2.45. The fraction of sp³-hybridized carbons (Fsp3) is 0.348. The maximum atomic E-state index is 12.5. The number of hydrogen-bond acceptors (Lipinski definition) is 8. The van der Waals surface area contributed by atoms with E-state index in [2.05, 4.69) is 30.5 Å². The largest absolute Gasteiger partial charge is 0.374 e. The number of amides is 1. The third kappa shape index (κ3) is 4.17. The number of hydrogen-bond donors (Lipinski definition) is 1. The van der Waals surface area contributed by atoms with Crippen LogP contribution in [0.3, 0.4) is 0 Å². The van der Waals surface area contributed by atoms with Crippen LogP contribution in [-0.2, 0) is 15.1 Å². The second-order valence-corrected chi connectivity index (χ2v) is 8.20. The zero-order chi connectivity index (χ0) is 23.6. The van der Waals surface area contributed by atoms with E-state index in [4.69, 9.17) is 10.5 Å². The lowest BCUT2D eigenvalue weighted by atomic mass is 9.73. The van der Waals surface area contributed by atoms with Crippen molar-refractivity contribution in [3.05, 3.63) is 77.4 Å². The van der Waals surface area contributed by atoms with Gasteiger partial charge in [0, 0.05) is 49.8 Å². The Morgan fingerprint density at radius 2 is 2.03 bits per heavy atom. The van der Waals surface area contributed by atoms with Crippen LogP contribution in [-0.4, -0.2) is 48.2 Å². The van der Waals surface area contributed by atoms with Gasteiger partial charge in [-0.2, -0.15) is 0 Å². The minimum absolute atomic E-state index is 0.268. The Balaban J connectivity index is 1.99. The topological polar surface area (TPSA) is 135 Å². The number of pyridine rings is 1. The van der Waals surface area contributed by atoms with E-state index in [9.17, 15) is 4.79 Å². The normalized spacial score (nSPS) is 20.0. The van der Waals surface area contributed by atoms with Gasteiger partial charge in [-0.05, 0) is 53.6 Å². The van der Waals surface area contributed by atoms with Gasteiger partial charge in [0.2, 0.25) is 5.91 Å². The maximum absolute atomic E-state index is 12.5. The van der Waals surface area contributed by atoms with Crippen molar-refractivity contribution in [3.8, 4) is 0 Å². The lowest BCUT2D eigenvalue weighted by Crippen LogP contribution is -2.43. The van der Waals surface area contributed by atoms with Crippen LogP contribution < -0.4 is 5.73 Å². The third-order valence-corrected chi connectivity index (χ3v) is 6.11. The average Bonchev–Trinajstić information content (AvgIpc) is 3.34. The van der Waals surface area contributed by atoms with Gasteiger partial charge in [-0.25, -0.2) is 4.68 Å². The van der Waals surface area contributed by atoms with Gasteiger partial charge in [-0.15, -0.1) is 5.10 Å². The average molecular weight is 447 g/mol. The van der Waals surface area contributed by atoms with Crippen molar-refractivity contribution in [3.63, 3.8) is 0 Å². The molecule has 0 saturated heterocycles. The van der Waals surface area contributed by atoms with Crippen molar-refractivity contribution in [2.45, 2.75) is 44.8 Å². The molecule has 0 radical (unpaired) electrons. The number of aryl methyl sites for hydroxylation is 1. The van der Waals surface area contributed by atoms with E-state index >= 15 is 0 Å². The molecule has 0 aliphatic heterocycles. The monoisotopic (exact) mass is 446 g/mol. The summed E-state index contributed by atoms with van der Waals surface area (Å²) in [6, 6.07) is 3.89. The molecular formula is C23H26N8O2. The molecule has 10 nitrogen and oxygen atoms in total. The molecule has 170 valence electrons. The van der Waals surface area contributed by atoms with Gasteiger partial charge < -0.3 is 10.5 Å². The first-order valence-corrected chi connectivity index (χ1v) is 10.6. The van der Waals surface area contributed by atoms with Gasteiger partial charge in [0.15, 0.2) is 5.82 Å². The number of allylic oxidation sites excluding steroid dienone is 3. The third-order valence-electron chi connectivity index (χ3n) is 6.11. The number of tetrazole rings is 1. The van der Waals surface area contributed by atoms with E-state index in [0.29, 0.717) is 17.1 Å². The van der Waals surface area contributed by atoms with E-state index < -0.39 is 11.4 Å². The highest BCUT2D eigenvalue weighted by atomic mass is 16.5. The van der Waals surface area contributed by atoms with E-state index in [1.807, 2.05) is 39.0 Å². The van der Waals surface area contributed by atoms with Crippen LogP contribution in [0.15, 0.2) is 54.6 Å². The number of ether oxygens (including phenoxy) is 1. The molecule has 1 aliphatic rings. The number of primary amides is 1. The first-order valence-electron chi connectivity index (χ1n) is 10.6. The van der Waals surface area contributed by atoms with Gasteiger partial charge in [0.05, 0.1) is 16.9 Å². The standard InChI is InChI=1S/C23H26N8O2/c1-14-5-6-19(27-12-14)17-9-18(21(24)32)11-23(10-17,15(2)20-13-25-7-8-26-20)31-22(16(3)33-4)28-29-30-31/h5-10,12-13,15-16H,11H2,1-4H3,(H2,24,32). The Hall–Kier alpha value is -3.79. The van der Waals surface area contributed by atoms with Crippen molar-refractivity contribution in [1.29, 1.82) is 0 Å². The first kappa shape index (κ1) is 22.4. The summed E-state index contributed by atoms with van der Waals surface area (Å²) in [6.45, 7) is 5.84. The molecule has 3 aromatic rings. The Bertz CT molecular complexity index is 1200. The minimum atomic E-state index is -0.914. The van der Waals surface area contributed by atoms with Crippen molar-refractivity contribution in [1.82, 2.24) is 35.2 Å². The summed E-state index contributed by atoms with van der Waals surface area (Å²) in [4.78, 5) is 25.8. The number of methoxy groups -OCH3 is 1. The Kier molecular flexibility index (Phi) is 6.10. The van der Waals surface area contributed by atoms with E-state index in [1.54, 1.807) is 42.7 Å². The lowest BCUT2D eigenvalue weighted by molar-refractivity contribution is -0.114. The van der Waals surface area contributed by atoms with Gasteiger partial charge in [-0.3, -0.25) is 19.7 Å². The zero-order valence-corrected chi connectivity index (χ0v) is 19.0. The van der Waals surface area contributed by atoms with Crippen LogP contribution in [0.2, 0.25) is 0 Å². The van der Waals surface area contributed by atoms with Crippen molar-refractivity contribution in [2.75, 3.05) is 7.11 Å². The van der Waals surface area contributed by atoms with Crippen LogP contribution in [0.1, 0.15) is 55.1 Å². The molecule has 0 bridgehead atoms. The molecule has 0 spiro atoms. The number of carbonyl (C=O) groups is 1. The maximum Gasteiger partial charge on any atom is 0.244 e. The lowest BCUT2D eigenvalue weighted by Gasteiger charge is -2.40. The van der Waals surface area contributed by atoms with Gasteiger partial charge >= 0.3 is 0 Å². The van der Waals surface area contributed by atoms with Crippen molar-refractivity contribution >= 4 is 11.5 Å². The molecule has 3 heterocycles.